The van der Waals surface area contributed by atoms with E-state index in [1.807, 2.05) is 0 Å². The van der Waals surface area contributed by atoms with Gasteiger partial charge in [0.2, 0.25) is 0 Å². The fourth-order valence-electron chi connectivity index (χ4n) is 1.56. The van der Waals surface area contributed by atoms with E-state index in [0.717, 1.165) is 23.7 Å². The maximum atomic E-state index is 5.96. The van der Waals surface area contributed by atoms with Crippen LogP contribution in [0, 0.1) is 0 Å². The van der Waals surface area contributed by atoms with Gasteiger partial charge in [-0.15, -0.1) is 0 Å². The largest absolute Gasteiger partial charge is 0.328 e. The van der Waals surface area contributed by atoms with E-state index in [1.54, 1.807) is 0 Å². The molecule has 0 spiro atoms. The highest BCUT2D eigenvalue weighted by molar-refractivity contribution is 9.10. The Morgan fingerprint density at radius 3 is 2.79 bits per heavy atom. The normalized spacial score (nSPS) is 12.8. The molecule has 0 fully saturated rings. The molecule has 14 heavy (non-hydrogen) atoms. The molecule has 1 rings (SSSR count). The maximum absolute atomic E-state index is 5.96. The number of rotatable bonds is 5. The van der Waals surface area contributed by atoms with Crippen LogP contribution >= 0.6 is 15.9 Å². The second kappa shape index (κ2) is 6.20. The van der Waals surface area contributed by atoms with Crippen molar-refractivity contribution in [2.45, 2.75) is 38.6 Å². The van der Waals surface area contributed by atoms with Crippen molar-refractivity contribution in [3.05, 3.63) is 34.3 Å². The van der Waals surface area contributed by atoms with E-state index in [-0.39, 0.29) is 0 Å². The Labute approximate surface area is 94.8 Å². The van der Waals surface area contributed by atoms with Crippen LogP contribution in [0.3, 0.4) is 0 Å². The Morgan fingerprint density at radius 2 is 2.14 bits per heavy atom. The Morgan fingerprint density at radius 1 is 1.36 bits per heavy atom. The molecule has 1 aromatic rings. The third kappa shape index (κ3) is 4.25. The molecule has 1 unspecified atom stereocenters. The highest BCUT2D eigenvalue weighted by Gasteiger charge is 2.01. The van der Waals surface area contributed by atoms with E-state index >= 15 is 0 Å². The van der Waals surface area contributed by atoms with Gasteiger partial charge in [0, 0.05) is 10.5 Å². The summed E-state index contributed by atoms with van der Waals surface area (Å²) in [5, 5.41) is 0. The van der Waals surface area contributed by atoms with Crippen LogP contribution in [0.25, 0.3) is 0 Å². The number of benzene rings is 1. The first-order valence-electron chi connectivity index (χ1n) is 5.22. The summed E-state index contributed by atoms with van der Waals surface area (Å²) in [7, 11) is 0. The monoisotopic (exact) mass is 255 g/mol. The third-order valence-corrected chi connectivity index (χ3v) is 2.85. The molecule has 2 N–H and O–H groups in total. The van der Waals surface area contributed by atoms with Crippen LogP contribution in [-0.4, -0.2) is 6.04 Å². The zero-order valence-corrected chi connectivity index (χ0v) is 10.3. The average Bonchev–Trinajstić information content (AvgIpc) is 2.15. The van der Waals surface area contributed by atoms with E-state index in [9.17, 15) is 0 Å². The lowest BCUT2D eigenvalue weighted by atomic mass is 10.0. The fraction of sp³-hybridized carbons (Fsp3) is 0.500. The quantitative estimate of drug-likeness (QED) is 0.857. The summed E-state index contributed by atoms with van der Waals surface area (Å²) >= 11 is 3.47. The average molecular weight is 256 g/mol. The third-order valence-electron chi connectivity index (χ3n) is 2.35. The maximum Gasteiger partial charge on any atom is 0.0177 e. The molecule has 1 nitrogen and oxygen atoms in total. The van der Waals surface area contributed by atoms with Gasteiger partial charge < -0.3 is 5.73 Å². The molecule has 0 aliphatic rings. The van der Waals surface area contributed by atoms with Gasteiger partial charge >= 0.3 is 0 Å². The van der Waals surface area contributed by atoms with Crippen LogP contribution in [0.5, 0.6) is 0 Å². The van der Waals surface area contributed by atoms with Gasteiger partial charge in [-0.05, 0) is 37.0 Å². The number of aryl methyl sites for hydroxylation is 1. The van der Waals surface area contributed by atoms with Crippen LogP contribution in [0.15, 0.2) is 28.7 Å². The second-order valence-electron chi connectivity index (χ2n) is 3.72. The first kappa shape index (κ1) is 11.7. The van der Waals surface area contributed by atoms with E-state index in [1.165, 1.54) is 12.0 Å². The predicted molar refractivity (Wildman–Crippen MR) is 65.3 cm³/mol. The summed E-state index contributed by atoms with van der Waals surface area (Å²) < 4.78 is 1.15. The lowest BCUT2D eigenvalue weighted by molar-refractivity contribution is 0.561. The number of nitrogens with two attached hydrogens (primary N) is 1. The second-order valence-corrected chi connectivity index (χ2v) is 4.63. The molecule has 78 valence electrons. The summed E-state index contributed by atoms with van der Waals surface area (Å²) in [6.45, 7) is 2.18. The van der Waals surface area contributed by atoms with Gasteiger partial charge in [0.05, 0.1) is 0 Å². The molecular weight excluding hydrogens is 238 g/mol. The number of hydrogen-bond donors (Lipinski definition) is 1. The van der Waals surface area contributed by atoms with Crippen molar-refractivity contribution in [1.29, 1.82) is 0 Å². The van der Waals surface area contributed by atoms with E-state index in [4.69, 9.17) is 5.73 Å². The minimum absolute atomic E-state index is 0.360. The van der Waals surface area contributed by atoms with Gasteiger partial charge in [-0.2, -0.15) is 0 Å². The van der Waals surface area contributed by atoms with Gasteiger partial charge in [0.1, 0.15) is 0 Å². The molecule has 0 saturated carbocycles. The molecule has 0 radical (unpaired) electrons. The van der Waals surface area contributed by atoms with Crippen molar-refractivity contribution in [2.75, 3.05) is 0 Å². The Bertz CT molecular complexity index is 273. The molecular formula is C12H18BrN. The number of halogens is 1. The molecule has 0 heterocycles. The Hall–Kier alpha value is -0.340. The minimum Gasteiger partial charge on any atom is -0.328 e. The van der Waals surface area contributed by atoms with Crippen LogP contribution in [0.4, 0.5) is 0 Å². The summed E-state index contributed by atoms with van der Waals surface area (Å²) in [5.41, 5.74) is 7.32. The SMILES string of the molecule is CCCC(N)CCc1cccc(Br)c1. The van der Waals surface area contributed by atoms with Crippen LogP contribution in [0.2, 0.25) is 0 Å². The highest BCUT2D eigenvalue weighted by Crippen LogP contribution is 2.14. The smallest absolute Gasteiger partial charge is 0.0177 e. The number of hydrogen-bond acceptors (Lipinski definition) is 1. The molecule has 0 aliphatic carbocycles. The topological polar surface area (TPSA) is 26.0 Å². The van der Waals surface area contributed by atoms with Gasteiger partial charge in [-0.3, -0.25) is 0 Å². The first-order chi connectivity index (χ1) is 6.72. The molecule has 2 heteroatoms. The molecule has 0 aliphatic heterocycles. The van der Waals surface area contributed by atoms with Crippen LogP contribution in [-0.2, 0) is 6.42 Å². The van der Waals surface area contributed by atoms with Crippen LogP contribution in [0.1, 0.15) is 31.7 Å². The molecule has 0 bridgehead atoms. The molecule has 0 amide bonds. The highest BCUT2D eigenvalue weighted by atomic mass is 79.9. The van der Waals surface area contributed by atoms with E-state index in [0.29, 0.717) is 6.04 Å². The van der Waals surface area contributed by atoms with Crippen molar-refractivity contribution >= 4 is 15.9 Å². The van der Waals surface area contributed by atoms with E-state index in [2.05, 4.69) is 47.1 Å². The van der Waals surface area contributed by atoms with E-state index < -0.39 is 0 Å². The first-order valence-corrected chi connectivity index (χ1v) is 6.01. The van der Waals surface area contributed by atoms with Crippen molar-refractivity contribution in [3.63, 3.8) is 0 Å². The van der Waals surface area contributed by atoms with Crippen molar-refractivity contribution in [3.8, 4) is 0 Å². The van der Waals surface area contributed by atoms with Gasteiger partial charge in [0.25, 0.3) is 0 Å². The zero-order chi connectivity index (χ0) is 10.4. The van der Waals surface area contributed by atoms with Gasteiger partial charge in [-0.25, -0.2) is 0 Å². The fourth-order valence-corrected chi connectivity index (χ4v) is 2.01. The van der Waals surface area contributed by atoms with Gasteiger partial charge in [-0.1, -0.05) is 41.4 Å². The van der Waals surface area contributed by atoms with Crippen molar-refractivity contribution in [2.24, 2.45) is 5.73 Å². The Balaban J connectivity index is 2.37. The molecule has 1 aromatic carbocycles. The predicted octanol–water partition coefficient (Wildman–Crippen LogP) is 3.51. The standard InChI is InChI=1S/C12H18BrN/c1-2-4-12(14)8-7-10-5-3-6-11(13)9-10/h3,5-6,9,12H,2,4,7-8,14H2,1H3. The lowest BCUT2D eigenvalue weighted by Gasteiger charge is -2.09. The summed E-state index contributed by atoms with van der Waals surface area (Å²) in [6.07, 6.45) is 4.48. The summed E-state index contributed by atoms with van der Waals surface area (Å²) in [5.74, 6) is 0. The molecule has 0 saturated heterocycles. The van der Waals surface area contributed by atoms with Gasteiger partial charge in [0.15, 0.2) is 0 Å². The zero-order valence-electron chi connectivity index (χ0n) is 8.67. The lowest BCUT2D eigenvalue weighted by Crippen LogP contribution is -2.20. The Kier molecular flexibility index (Phi) is 5.20. The summed E-state index contributed by atoms with van der Waals surface area (Å²) in [6, 6.07) is 8.81. The molecule has 1 atom stereocenters. The summed E-state index contributed by atoms with van der Waals surface area (Å²) in [4.78, 5) is 0. The minimum atomic E-state index is 0.360. The molecule has 0 aromatic heterocycles. The van der Waals surface area contributed by atoms with Crippen molar-refractivity contribution < 1.29 is 0 Å². The van der Waals surface area contributed by atoms with Crippen molar-refractivity contribution in [1.82, 2.24) is 0 Å². The van der Waals surface area contributed by atoms with Crippen LogP contribution < -0.4 is 5.73 Å².